The fourth-order valence-electron chi connectivity index (χ4n) is 3.69. The van der Waals surface area contributed by atoms with E-state index in [2.05, 4.69) is 37.1 Å². The van der Waals surface area contributed by atoms with E-state index in [4.69, 9.17) is 9.47 Å². The molecule has 1 aromatic carbocycles. The van der Waals surface area contributed by atoms with Crippen molar-refractivity contribution in [3.63, 3.8) is 0 Å². The quantitative estimate of drug-likeness (QED) is 0.860. The van der Waals surface area contributed by atoms with Crippen LogP contribution in [0.5, 0.6) is 11.5 Å². The second-order valence-corrected chi connectivity index (χ2v) is 7.72. The molecule has 5 nitrogen and oxygen atoms in total. The number of piperidine rings is 1. The SMILES string of the molecule is CCCN1CCCCC1C(=O)NCC(C)(C)c1ccc2c(c1)OCO2. The fraction of sp³-hybridized carbons (Fsp3) is 0.650. The Labute approximate surface area is 150 Å². The molecule has 0 saturated carbocycles. The average molecular weight is 346 g/mol. The Hall–Kier alpha value is -1.75. The average Bonchev–Trinajstić information content (AvgIpc) is 3.08. The molecule has 2 aliphatic rings. The molecule has 0 bridgehead atoms. The van der Waals surface area contributed by atoms with E-state index in [1.807, 2.05) is 12.1 Å². The van der Waals surface area contributed by atoms with Gasteiger partial charge in [0.15, 0.2) is 11.5 Å². The van der Waals surface area contributed by atoms with Crippen LogP contribution in [0.25, 0.3) is 0 Å². The van der Waals surface area contributed by atoms with E-state index in [1.165, 1.54) is 6.42 Å². The molecule has 1 fully saturated rings. The Morgan fingerprint density at radius 2 is 2.08 bits per heavy atom. The molecular formula is C20H30N2O3. The minimum absolute atomic E-state index is 0.0289. The smallest absolute Gasteiger partial charge is 0.237 e. The largest absolute Gasteiger partial charge is 0.454 e. The summed E-state index contributed by atoms with van der Waals surface area (Å²) in [4.78, 5) is 15.1. The summed E-state index contributed by atoms with van der Waals surface area (Å²) >= 11 is 0. The van der Waals surface area contributed by atoms with E-state index in [0.717, 1.165) is 49.4 Å². The second-order valence-electron chi connectivity index (χ2n) is 7.72. The first-order valence-electron chi connectivity index (χ1n) is 9.43. The fourth-order valence-corrected chi connectivity index (χ4v) is 3.69. The zero-order chi connectivity index (χ0) is 17.9. The lowest BCUT2D eigenvalue weighted by Gasteiger charge is -2.35. The molecule has 0 aromatic heterocycles. The maximum atomic E-state index is 12.8. The molecule has 1 N–H and O–H groups in total. The van der Waals surface area contributed by atoms with Gasteiger partial charge in [-0.15, -0.1) is 0 Å². The summed E-state index contributed by atoms with van der Waals surface area (Å²) < 4.78 is 10.9. The minimum atomic E-state index is -0.166. The molecule has 1 atom stereocenters. The molecule has 138 valence electrons. The van der Waals surface area contributed by atoms with Gasteiger partial charge >= 0.3 is 0 Å². The van der Waals surface area contributed by atoms with Crippen molar-refractivity contribution in [1.82, 2.24) is 10.2 Å². The van der Waals surface area contributed by atoms with Crippen LogP contribution in [-0.2, 0) is 10.2 Å². The number of nitrogens with zero attached hydrogens (tertiary/aromatic N) is 1. The lowest BCUT2D eigenvalue weighted by Crippen LogP contribution is -2.51. The van der Waals surface area contributed by atoms with Gasteiger partial charge in [0.2, 0.25) is 12.7 Å². The molecule has 0 aliphatic carbocycles. The predicted molar refractivity (Wildman–Crippen MR) is 98.1 cm³/mol. The van der Waals surface area contributed by atoms with Crippen LogP contribution in [0, 0.1) is 0 Å². The highest BCUT2D eigenvalue weighted by Gasteiger charge is 2.30. The zero-order valence-electron chi connectivity index (χ0n) is 15.6. The van der Waals surface area contributed by atoms with E-state index >= 15 is 0 Å². The maximum absolute atomic E-state index is 12.8. The number of carbonyl (C=O) groups excluding carboxylic acids is 1. The molecule has 0 spiro atoms. The lowest BCUT2D eigenvalue weighted by molar-refractivity contribution is -0.127. The minimum Gasteiger partial charge on any atom is -0.454 e. The molecule has 0 radical (unpaired) electrons. The summed E-state index contributed by atoms with van der Waals surface area (Å²) in [6.07, 6.45) is 4.40. The van der Waals surface area contributed by atoms with Gasteiger partial charge in [0.05, 0.1) is 6.04 Å². The van der Waals surface area contributed by atoms with Crippen LogP contribution in [0.3, 0.4) is 0 Å². The van der Waals surface area contributed by atoms with Gasteiger partial charge in [0.25, 0.3) is 0 Å². The van der Waals surface area contributed by atoms with Crippen LogP contribution < -0.4 is 14.8 Å². The number of ether oxygens (including phenoxy) is 2. The summed E-state index contributed by atoms with van der Waals surface area (Å²) in [7, 11) is 0. The Morgan fingerprint density at radius 3 is 2.88 bits per heavy atom. The predicted octanol–water partition coefficient (Wildman–Crippen LogP) is 3.07. The van der Waals surface area contributed by atoms with Crippen molar-refractivity contribution in [3.8, 4) is 11.5 Å². The molecule has 5 heteroatoms. The number of nitrogens with one attached hydrogen (secondary N) is 1. The number of hydrogen-bond acceptors (Lipinski definition) is 4. The molecule has 1 amide bonds. The number of carbonyl (C=O) groups is 1. The lowest BCUT2D eigenvalue weighted by atomic mass is 9.84. The standard InChI is InChI=1S/C20H30N2O3/c1-4-10-22-11-6-5-7-16(22)19(23)21-13-20(2,3)15-8-9-17-18(12-15)25-14-24-17/h8-9,12,16H,4-7,10-11,13-14H2,1-3H3,(H,21,23). The zero-order valence-corrected chi connectivity index (χ0v) is 15.6. The molecule has 1 saturated heterocycles. The van der Waals surface area contributed by atoms with Crippen LogP contribution >= 0.6 is 0 Å². The van der Waals surface area contributed by atoms with Gasteiger partial charge in [-0.3, -0.25) is 9.69 Å². The summed E-state index contributed by atoms with van der Waals surface area (Å²) in [5, 5.41) is 3.19. The molecule has 2 aliphatic heterocycles. The first-order chi connectivity index (χ1) is 12.0. The highest BCUT2D eigenvalue weighted by atomic mass is 16.7. The van der Waals surface area contributed by atoms with Crippen LogP contribution in [0.15, 0.2) is 18.2 Å². The van der Waals surface area contributed by atoms with Gasteiger partial charge in [-0.25, -0.2) is 0 Å². The number of amides is 1. The second kappa shape index (κ2) is 7.65. The first kappa shape index (κ1) is 18.1. The Bertz CT molecular complexity index is 613. The van der Waals surface area contributed by atoms with E-state index in [0.29, 0.717) is 6.54 Å². The molecule has 3 rings (SSSR count). The Morgan fingerprint density at radius 1 is 1.28 bits per heavy atom. The van der Waals surface area contributed by atoms with E-state index < -0.39 is 0 Å². The molecule has 1 aromatic rings. The third kappa shape index (κ3) is 4.09. The van der Waals surface area contributed by atoms with Crippen LogP contribution in [0.1, 0.15) is 52.0 Å². The van der Waals surface area contributed by atoms with Gasteiger partial charge < -0.3 is 14.8 Å². The normalized spacial score (nSPS) is 20.5. The van der Waals surface area contributed by atoms with Crippen molar-refractivity contribution in [2.75, 3.05) is 26.4 Å². The molecule has 1 unspecified atom stereocenters. The maximum Gasteiger partial charge on any atom is 0.237 e. The van der Waals surface area contributed by atoms with E-state index in [-0.39, 0.29) is 24.2 Å². The summed E-state index contributed by atoms with van der Waals surface area (Å²) in [6, 6.07) is 6.06. The van der Waals surface area contributed by atoms with Crippen molar-refractivity contribution >= 4 is 5.91 Å². The summed E-state index contributed by atoms with van der Waals surface area (Å²) in [5.74, 6) is 1.75. The van der Waals surface area contributed by atoms with Crippen molar-refractivity contribution < 1.29 is 14.3 Å². The van der Waals surface area contributed by atoms with Gasteiger partial charge in [0, 0.05) is 12.0 Å². The van der Waals surface area contributed by atoms with Gasteiger partial charge in [0.1, 0.15) is 0 Å². The highest BCUT2D eigenvalue weighted by molar-refractivity contribution is 5.82. The highest BCUT2D eigenvalue weighted by Crippen LogP contribution is 2.36. The van der Waals surface area contributed by atoms with Crippen LogP contribution in [-0.4, -0.2) is 43.3 Å². The van der Waals surface area contributed by atoms with Gasteiger partial charge in [-0.05, 0) is 50.0 Å². The van der Waals surface area contributed by atoms with Crippen LogP contribution in [0.2, 0.25) is 0 Å². The van der Waals surface area contributed by atoms with Crippen LogP contribution in [0.4, 0.5) is 0 Å². The van der Waals surface area contributed by atoms with E-state index in [1.54, 1.807) is 0 Å². The number of benzene rings is 1. The number of hydrogen-bond donors (Lipinski definition) is 1. The molecular weight excluding hydrogens is 316 g/mol. The first-order valence-corrected chi connectivity index (χ1v) is 9.43. The number of likely N-dealkylation sites (tertiary alicyclic amines) is 1. The third-order valence-electron chi connectivity index (χ3n) is 5.29. The van der Waals surface area contributed by atoms with Crippen molar-refractivity contribution in [2.45, 2.75) is 57.9 Å². The monoisotopic (exact) mass is 346 g/mol. The van der Waals surface area contributed by atoms with Crippen molar-refractivity contribution in [2.24, 2.45) is 0 Å². The summed E-state index contributed by atoms with van der Waals surface area (Å²) in [6.45, 7) is 9.41. The van der Waals surface area contributed by atoms with Crippen molar-refractivity contribution in [1.29, 1.82) is 0 Å². The number of rotatable bonds is 6. The van der Waals surface area contributed by atoms with Crippen molar-refractivity contribution in [3.05, 3.63) is 23.8 Å². The van der Waals surface area contributed by atoms with Gasteiger partial charge in [-0.1, -0.05) is 33.3 Å². The third-order valence-corrected chi connectivity index (χ3v) is 5.29. The molecule has 2 heterocycles. The molecule has 25 heavy (non-hydrogen) atoms. The Balaban J connectivity index is 1.62. The summed E-state index contributed by atoms with van der Waals surface area (Å²) in [5.41, 5.74) is 0.979. The van der Waals surface area contributed by atoms with Gasteiger partial charge in [-0.2, -0.15) is 0 Å². The number of fused-ring (bicyclic) bond motifs is 1. The Kier molecular flexibility index (Phi) is 5.52. The topological polar surface area (TPSA) is 50.8 Å². The van der Waals surface area contributed by atoms with E-state index in [9.17, 15) is 4.79 Å².